The van der Waals surface area contributed by atoms with Gasteiger partial charge in [-0.25, -0.2) is 0 Å². The van der Waals surface area contributed by atoms with Gasteiger partial charge >= 0.3 is 0 Å². The second kappa shape index (κ2) is 6.59. The molecule has 24 heavy (non-hydrogen) atoms. The van der Waals surface area contributed by atoms with Crippen LogP contribution in [0.5, 0.6) is 0 Å². The molecule has 1 aliphatic heterocycles. The van der Waals surface area contributed by atoms with Crippen molar-refractivity contribution in [1.29, 1.82) is 0 Å². The number of nitrogens with zero attached hydrogens (tertiary/aromatic N) is 2. The molecule has 118 valence electrons. The van der Waals surface area contributed by atoms with E-state index in [0.29, 0.717) is 0 Å². The van der Waals surface area contributed by atoms with E-state index in [0.717, 1.165) is 13.0 Å². The van der Waals surface area contributed by atoms with Crippen LogP contribution >= 0.6 is 0 Å². The Morgan fingerprint density at radius 3 is 2.33 bits per heavy atom. The lowest BCUT2D eigenvalue weighted by atomic mass is 10.0. The number of pyridine rings is 1. The molecule has 0 atom stereocenters. The molecule has 4 rings (SSSR count). The van der Waals surface area contributed by atoms with Crippen LogP contribution in [-0.4, -0.2) is 11.5 Å². The summed E-state index contributed by atoms with van der Waals surface area (Å²) in [5, 5.41) is 2.20. The molecule has 0 aliphatic carbocycles. The minimum Gasteiger partial charge on any atom is -0.301 e. The van der Waals surface area contributed by atoms with E-state index in [1.807, 2.05) is 24.5 Å². The van der Waals surface area contributed by atoms with Crippen LogP contribution in [0.3, 0.4) is 0 Å². The number of aromatic nitrogens is 1. The molecule has 0 saturated heterocycles. The fourth-order valence-electron chi connectivity index (χ4n) is 3.05. The molecule has 0 saturated carbocycles. The number of rotatable bonds is 4. The summed E-state index contributed by atoms with van der Waals surface area (Å²) in [7, 11) is 0. The first-order valence-corrected chi connectivity index (χ1v) is 8.16. The molecule has 1 aliphatic rings. The Bertz CT molecular complexity index is 827. The van der Waals surface area contributed by atoms with E-state index >= 15 is 0 Å². The van der Waals surface area contributed by atoms with Crippen LogP contribution in [0.15, 0.2) is 90.9 Å². The zero-order valence-corrected chi connectivity index (χ0v) is 13.4. The highest BCUT2D eigenvalue weighted by Gasteiger charge is 2.22. The van der Waals surface area contributed by atoms with Crippen LogP contribution in [-0.2, 0) is 6.42 Å². The molecule has 1 N–H and O–H groups in total. The summed E-state index contributed by atoms with van der Waals surface area (Å²) in [5.74, 6) is 0. The molecule has 0 amide bonds. The van der Waals surface area contributed by atoms with E-state index in [1.165, 1.54) is 28.1 Å². The first kappa shape index (κ1) is 14.5. The zero-order chi connectivity index (χ0) is 16.2. The van der Waals surface area contributed by atoms with Crippen molar-refractivity contribution in [2.45, 2.75) is 6.42 Å². The Balaban J connectivity index is 1.67. The summed E-state index contributed by atoms with van der Waals surface area (Å²) in [4.78, 5) is 4.24. The van der Waals surface area contributed by atoms with Crippen molar-refractivity contribution in [2.75, 3.05) is 11.6 Å². The Morgan fingerprint density at radius 2 is 1.62 bits per heavy atom. The maximum Gasteiger partial charge on any atom is 0.0668 e. The van der Waals surface area contributed by atoms with E-state index < -0.39 is 0 Å². The van der Waals surface area contributed by atoms with Crippen LogP contribution in [0.1, 0.15) is 11.1 Å². The molecule has 0 bridgehead atoms. The molecule has 0 unspecified atom stereocenters. The maximum atomic E-state index is 4.24. The highest BCUT2D eigenvalue weighted by atomic mass is 15.5. The molecular weight excluding hydrogens is 294 g/mol. The van der Waals surface area contributed by atoms with Gasteiger partial charge < -0.3 is 5.43 Å². The van der Waals surface area contributed by atoms with Gasteiger partial charge in [-0.05, 0) is 29.3 Å². The quantitative estimate of drug-likeness (QED) is 0.787. The van der Waals surface area contributed by atoms with Gasteiger partial charge in [0.15, 0.2) is 0 Å². The number of hydrogen-bond acceptors (Lipinski definition) is 3. The third-order valence-corrected chi connectivity index (χ3v) is 4.24. The molecule has 2 heterocycles. The van der Waals surface area contributed by atoms with E-state index in [4.69, 9.17) is 0 Å². The van der Waals surface area contributed by atoms with Crippen molar-refractivity contribution in [2.24, 2.45) is 0 Å². The van der Waals surface area contributed by atoms with E-state index in [1.54, 1.807) is 0 Å². The number of hydrazine groups is 1. The molecular formula is C21H19N3. The minimum absolute atomic E-state index is 0.849. The lowest BCUT2D eigenvalue weighted by Gasteiger charge is -2.20. The van der Waals surface area contributed by atoms with Crippen molar-refractivity contribution in [3.05, 3.63) is 102 Å². The largest absolute Gasteiger partial charge is 0.301 e. The average Bonchev–Trinajstić information content (AvgIpc) is 3.08. The van der Waals surface area contributed by atoms with E-state index in [2.05, 4.69) is 76.1 Å². The summed E-state index contributed by atoms with van der Waals surface area (Å²) in [6.45, 7) is 0.851. The average molecular weight is 313 g/mol. The highest BCUT2D eigenvalue weighted by Crippen LogP contribution is 2.28. The number of anilines is 1. The van der Waals surface area contributed by atoms with Crippen molar-refractivity contribution in [3.8, 4) is 0 Å². The normalized spacial score (nSPS) is 13.9. The zero-order valence-electron chi connectivity index (χ0n) is 13.4. The number of nitrogens with one attached hydrogen (secondary N) is 1. The van der Waals surface area contributed by atoms with Gasteiger partial charge in [0.2, 0.25) is 0 Å². The number of allylic oxidation sites excluding steroid dienone is 1. The van der Waals surface area contributed by atoms with Crippen LogP contribution in [0, 0.1) is 0 Å². The second-order valence-electron chi connectivity index (χ2n) is 5.89. The van der Waals surface area contributed by atoms with Crippen molar-refractivity contribution in [1.82, 2.24) is 10.4 Å². The summed E-state index contributed by atoms with van der Waals surface area (Å²) in [5.41, 5.74) is 9.81. The molecule has 2 aromatic carbocycles. The van der Waals surface area contributed by atoms with Crippen molar-refractivity contribution < 1.29 is 0 Å². The molecule has 0 spiro atoms. The molecule has 1 aromatic heterocycles. The SMILES string of the molecule is c1ccc(C2=C(Cc3cccnc3)NN(c3ccccc3)C2)cc1. The number of hydrogen-bond donors (Lipinski definition) is 1. The van der Waals surface area contributed by atoms with Gasteiger partial charge in [-0.3, -0.25) is 9.99 Å². The first-order valence-electron chi connectivity index (χ1n) is 8.16. The van der Waals surface area contributed by atoms with Crippen LogP contribution in [0.25, 0.3) is 5.57 Å². The lowest BCUT2D eigenvalue weighted by Crippen LogP contribution is -2.32. The summed E-state index contributed by atoms with van der Waals surface area (Å²) < 4.78 is 0. The maximum absolute atomic E-state index is 4.24. The standard InChI is InChI=1S/C21H19N3/c1-3-9-18(10-4-1)20-16-24(19-11-5-2-6-12-19)23-21(20)14-17-8-7-13-22-15-17/h1-13,15,23H,14,16H2. The second-order valence-corrected chi connectivity index (χ2v) is 5.89. The topological polar surface area (TPSA) is 28.2 Å². The first-order chi connectivity index (χ1) is 11.9. The molecule has 3 nitrogen and oxygen atoms in total. The smallest absolute Gasteiger partial charge is 0.0668 e. The van der Waals surface area contributed by atoms with Crippen molar-refractivity contribution in [3.63, 3.8) is 0 Å². The van der Waals surface area contributed by atoms with Crippen LogP contribution in [0.4, 0.5) is 5.69 Å². The summed E-state index contributed by atoms with van der Waals surface area (Å²) in [6, 6.07) is 25.1. The summed E-state index contributed by atoms with van der Waals surface area (Å²) in [6.07, 6.45) is 4.60. The monoisotopic (exact) mass is 313 g/mol. The Hall–Kier alpha value is -3.07. The highest BCUT2D eigenvalue weighted by molar-refractivity contribution is 5.76. The van der Waals surface area contributed by atoms with Gasteiger partial charge in [0.1, 0.15) is 0 Å². The van der Waals surface area contributed by atoms with Crippen molar-refractivity contribution >= 4 is 11.3 Å². The molecule has 3 heteroatoms. The van der Waals surface area contributed by atoms with Gasteiger partial charge in [-0.15, -0.1) is 0 Å². The van der Waals surface area contributed by atoms with E-state index in [9.17, 15) is 0 Å². The van der Waals surface area contributed by atoms with Crippen LogP contribution < -0.4 is 10.4 Å². The van der Waals surface area contributed by atoms with E-state index in [-0.39, 0.29) is 0 Å². The van der Waals surface area contributed by atoms with Gasteiger partial charge in [-0.1, -0.05) is 54.6 Å². The number of benzene rings is 2. The Morgan fingerprint density at radius 1 is 0.875 bits per heavy atom. The Kier molecular flexibility index (Phi) is 3.98. The fraction of sp³-hybridized carbons (Fsp3) is 0.0952. The third-order valence-electron chi connectivity index (χ3n) is 4.24. The minimum atomic E-state index is 0.849. The predicted octanol–water partition coefficient (Wildman–Crippen LogP) is 4.06. The predicted molar refractivity (Wildman–Crippen MR) is 98.2 cm³/mol. The fourth-order valence-corrected chi connectivity index (χ4v) is 3.05. The van der Waals surface area contributed by atoms with Gasteiger partial charge in [0.25, 0.3) is 0 Å². The molecule has 0 radical (unpaired) electrons. The van der Waals surface area contributed by atoms with Gasteiger partial charge in [0, 0.05) is 30.1 Å². The molecule has 3 aromatic rings. The summed E-state index contributed by atoms with van der Waals surface area (Å²) >= 11 is 0. The third kappa shape index (κ3) is 3.01. The Labute approximate surface area is 142 Å². The van der Waals surface area contributed by atoms with Gasteiger partial charge in [-0.2, -0.15) is 0 Å². The molecule has 0 fully saturated rings. The van der Waals surface area contributed by atoms with Gasteiger partial charge in [0.05, 0.1) is 12.2 Å². The lowest BCUT2D eigenvalue weighted by molar-refractivity contribution is 0.784. The van der Waals surface area contributed by atoms with Crippen LogP contribution in [0.2, 0.25) is 0 Å². The number of para-hydroxylation sites is 1.